The smallest absolute Gasteiger partial charge is 0.184 e. The van der Waals surface area contributed by atoms with Crippen LogP contribution in [-0.4, -0.2) is 51.5 Å². The molecule has 2 aliphatic heterocycles. The van der Waals surface area contributed by atoms with E-state index in [4.69, 9.17) is 9.47 Å². The van der Waals surface area contributed by atoms with Gasteiger partial charge in [0.05, 0.1) is 23.6 Å². The second-order valence-corrected chi connectivity index (χ2v) is 14.3. The number of alkyl halides is 1. The Morgan fingerprint density at radius 2 is 1.82 bits per heavy atom. The molecule has 2 saturated heterocycles. The van der Waals surface area contributed by atoms with Gasteiger partial charge in [-0.05, 0) is 74.0 Å². The number of ketones is 1. The van der Waals surface area contributed by atoms with E-state index in [0.717, 1.165) is 44.9 Å². The summed E-state index contributed by atoms with van der Waals surface area (Å²) in [6.07, 6.45) is 5.38. The number of fused-ring (bicyclic) bond motifs is 7. The molecule has 6 heteroatoms. The summed E-state index contributed by atoms with van der Waals surface area (Å²) < 4.78 is 13.3. The highest BCUT2D eigenvalue weighted by molar-refractivity contribution is 9.09. The van der Waals surface area contributed by atoms with Gasteiger partial charge in [-0.2, -0.15) is 0 Å². The lowest BCUT2D eigenvalue weighted by molar-refractivity contribution is -0.268. The van der Waals surface area contributed by atoms with Gasteiger partial charge in [-0.15, -0.1) is 0 Å². The van der Waals surface area contributed by atoms with Gasteiger partial charge in [-0.3, -0.25) is 4.79 Å². The molecule has 4 saturated carbocycles. The number of aliphatic hydroxyl groups excluding tert-OH is 2. The minimum absolute atomic E-state index is 0.0309. The molecule has 5 nitrogen and oxygen atoms in total. The zero-order chi connectivity index (χ0) is 23.5. The number of carbonyl (C=O) groups is 1. The number of rotatable bonds is 0. The zero-order valence-corrected chi connectivity index (χ0v) is 22.1. The number of hydrogen-bond acceptors (Lipinski definition) is 5. The van der Waals surface area contributed by atoms with E-state index in [1.54, 1.807) is 0 Å². The van der Waals surface area contributed by atoms with Crippen LogP contribution in [0.4, 0.5) is 0 Å². The molecule has 2 N–H and O–H groups in total. The van der Waals surface area contributed by atoms with Crippen molar-refractivity contribution in [2.24, 2.45) is 52.3 Å². The molecular weight excluding hydrogens is 484 g/mol. The lowest BCUT2D eigenvalue weighted by Gasteiger charge is -2.61. The molecule has 2 heterocycles. The maximum Gasteiger partial charge on any atom is 0.184 e. The van der Waals surface area contributed by atoms with E-state index in [0.29, 0.717) is 30.3 Å². The van der Waals surface area contributed by atoms with Crippen molar-refractivity contribution >= 4 is 21.7 Å². The van der Waals surface area contributed by atoms with Crippen LogP contribution in [-0.2, 0) is 14.3 Å². The first-order valence-electron chi connectivity index (χ1n) is 13.4. The molecule has 33 heavy (non-hydrogen) atoms. The Labute approximate surface area is 206 Å². The van der Waals surface area contributed by atoms with Crippen LogP contribution in [0.3, 0.4) is 0 Å². The van der Waals surface area contributed by atoms with Gasteiger partial charge in [-0.1, -0.05) is 43.6 Å². The lowest BCUT2D eigenvalue weighted by atomic mass is 9.43. The highest BCUT2D eigenvalue weighted by Crippen LogP contribution is 2.70. The molecule has 0 aromatic rings. The van der Waals surface area contributed by atoms with E-state index in [1.807, 2.05) is 0 Å². The molecule has 0 radical (unpaired) electrons. The summed E-state index contributed by atoms with van der Waals surface area (Å²) in [7, 11) is 0. The average Bonchev–Trinajstić information content (AvgIpc) is 3.22. The fraction of sp³-hybridized carbons (Fsp3) is 0.963. The predicted molar refractivity (Wildman–Crippen MR) is 128 cm³/mol. The number of halogens is 1. The van der Waals surface area contributed by atoms with Crippen molar-refractivity contribution in [3.8, 4) is 0 Å². The van der Waals surface area contributed by atoms with E-state index < -0.39 is 17.3 Å². The van der Waals surface area contributed by atoms with Crippen LogP contribution in [0.15, 0.2) is 0 Å². The second-order valence-electron chi connectivity index (χ2n) is 13.2. The third-order valence-corrected chi connectivity index (χ3v) is 12.7. The summed E-state index contributed by atoms with van der Waals surface area (Å²) in [4.78, 5) is 14.2. The maximum atomic E-state index is 14.0. The van der Waals surface area contributed by atoms with Crippen molar-refractivity contribution in [3.63, 3.8) is 0 Å². The topological polar surface area (TPSA) is 76.0 Å². The van der Waals surface area contributed by atoms with E-state index in [2.05, 4.69) is 43.6 Å². The molecular formula is C27H41BrO5. The van der Waals surface area contributed by atoms with E-state index in [9.17, 15) is 15.0 Å². The minimum atomic E-state index is -0.946. The standard InChI is InChI=1S/C27H41BrO5/c1-13-9-20(28)27(32-12-13)14(2)21-19(33-27)11-18-17-6-5-15-10-16(29)7-8-25(15,3)22(17)23(30)24(31)26(18,21)4/h13-22,24,29,31H,5-12H2,1-4H3/t13?,14?,15-,16-,17?,18?,19-,20?,21?,22?,24+,25-,26-,27?/m0/s1. The number of aliphatic hydroxyl groups is 2. The molecule has 0 aromatic heterocycles. The van der Waals surface area contributed by atoms with Gasteiger partial charge in [0.15, 0.2) is 11.6 Å². The first kappa shape index (κ1) is 23.4. The van der Waals surface area contributed by atoms with Crippen LogP contribution >= 0.6 is 15.9 Å². The molecule has 6 rings (SSSR count). The van der Waals surface area contributed by atoms with Crippen molar-refractivity contribution in [1.82, 2.24) is 0 Å². The van der Waals surface area contributed by atoms with E-state index >= 15 is 0 Å². The fourth-order valence-electron chi connectivity index (χ4n) is 10.1. The Morgan fingerprint density at radius 1 is 1.06 bits per heavy atom. The van der Waals surface area contributed by atoms with Gasteiger partial charge in [0, 0.05) is 23.2 Å². The second kappa shape index (κ2) is 7.50. The van der Waals surface area contributed by atoms with Gasteiger partial charge in [0.2, 0.25) is 0 Å². The molecule has 14 atom stereocenters. The summed E-state index contributed by atoms with van der Waals surface area (Å²) in [5, 5.41) is 22.1. The minimum Gasteiger partial charge on any atom is -0.393 e. The van der Waals surface area contributed by atoms with Crippen LogP contribution in [0.1, 0.15) is 72.6 Å². The van der Waals surface area contributed by atoms with Gasteiger partial charge in [0.1, 0.15) is 6.10 Å². The van der Waals surface area contributed by atoms with Crippen molar-refractivity contribution in [3.05, 3.63) is 0 Å². The van der Waals surface area contributed by atoms with Crippen LogP contribution in [0.2, 0.25) is 0 Å². The highest BCUT2D eigenvalue weighted by atomic mass is 79.9. The Kier molecular flexibility index (Phi) is 5.32. The van der Waals surface area contributed by atoms with Crippen LogP contribution in [0.5, 0.6) is 0 Å². The third-order valence-electron chi connectivity index (χ3n) is 11.7. The van der Waals surface area contributed by atoms with Crippen molar-refractivity contribution in [2.75, 3.05) is 6.61 Å². The Balaban J connectivity index is 1.34. The zero-order valence-electron chi connectivity index (χ0n) is 20.5. The van der Waals surface area contributed by atoms with Crippen molar-refractivity contribution < 1.29 is 24.5 Å². The third kappa shape index (κ3) is 2.88. The van der Waals surface area contributed by atoms with Gasteiger partial charge in [0.25, 0.3) is 0 Å². The van der Waals surface area contributed by atoms with Crippen LogP contribution < -0.4 is 0 Å². The lowest BCUT2D eigenvalue weighted by Crippen LogP contribution is -2.64. The monoisotopic (exact) mass is 524 g/mol. The molecule has 186 valence electrons. The molecule has 8 unspecified atom stereocenters. The molecule has 4 aliphatic carbocycles. The predicted octanol–water partition coefficient (Wildman–Crippen LogP) is 4.32. The van der Waals surface area contributed by atoms with Gasteiger partial charge in [-0.25, -0.2) is 0 Å². The average molecular weight is 526 g/mol. The molecule has 0 aromatic carbocycles. The number of ether oxygens (including phenoxy) is 2. The van der Waals surface area contributed by atoms with Gasteiger partial charge < -0.3 is 19.7 Å². The first-order valence-corrected chi connectivity index (χ1v) is 14.3. The maximum absolute atomic E-state index is 14.0. The molecule has 6 aliphatic rings. The molecule has 1 spiro atoms. The molecule has 0 bridgehead atoms. The van der Waals surface area contributed by atoms with E-state index in [-0.39, 0.29) is 46.0 Å². The van der Waals surface area contributed by atoms with Crippen molar-refractivity contribution in [1.29, 1.82) is 0 Å². The summed E-state index contributed by atoms with van der Waals surface area (Å²) in [6, 6.07) is 0. The van der Waals surface area contributed by atoms with Crippen LogP contribution in [0, 0.1) is 52.3 Å². The summed E-state index contributed by atoms with van der Waals surface area (Å²) in [5.41, 5.74) is -0.571. The summed E-state index contributed by atoms with van der Waals surface area (Å²) in [5.74, 6) is 1.05. The quantitative estimate of drug-likeness (QED) is 0.461. The number of carbonyl (C=O) groups excluding carboxylic acids is 1. The fourth-order valence-corrected chi connectivity index (χ4v) is 11.4. The summed E-state index contributed by atoms with van der Waals surface area (Å²) in [6.45, 7) is 9.61. The highest BCUT2D eigenvalue weighted by Gasteiger charge is 2.74. The normalized spacial score (nSPS) is 62.5. The van der Waals surface area contributed by atoms with E-state index in [1.165, 1.54) is 0 Å². The van der Waals surface area contributed by atoms with Crippen LogP contribution in [0.25, 0.3) is 0 Å². The Bertz CT molecular complexity index is 835. The number of hydrogen-bond donors (Lipinski definition) is 2. The van der Waals surface area contributed by atoms with Gasteiger partial charge >= 0.3 is 0 Å². The SMILES string of the molecule is CC1COC2(O[C@H]3CC4C5CC[C@H]6C[C@@H](O)CC[C@]6(C)C5C(=O)[C@@H](O)[C@]4(C)C3C2C)C(Br)C1. The summed E-state index contributed by atoms with van der Waals surface area (Å²) >= 11 is 3.90. The largest absolute Gasteiger partial charge is 0.393 e. The molecule has 6 fully saturated rings. The number of Topliss-reactive ketones (excluding diaryl/α,β-unsaturated/α-hetero) is 1. The Morgan fingerprint density at radius 3 is 2.55 bits per heavy atom. The first-order chi connectivity index (χ1) is 15.5. The Hall–Kier alpha value is -0.0100. The van der Waals surface area contributed by atoms with Crippen molar-refractivity contribution in [2.45, 2.75) is 102 Å². The molecule has 0 amide bonds.